The van der Waals surface area contributed by atoms with Crippen LogP contribution in [0.3, 0.4) is 0 Å². The van der Waals surface area contributed by atoms with Crippen LogP contribution in [-0.4, -0.2) is 15.5 Å². The topological polar surface area (TPSA) is 90.6 Å². The summed E-state index contributed by atoms with van der Waals surface area (Å²) in [6.45, 7) is 2.89. The van der Waals surface area contributed by atoms with E-state index in [1.54, 1.807) is 19.2 Å². The van der Waals surface area contributed by atoms with Crippen LogP contribution in [0.5, 0.6) is 11.5 Å². The first-order valence-electron chi connectivity index (χ1n) is 9.18. The van der Waals surface area contributed by atoms with Crippen molar-refractivity contribution in [3.8, 4) is 11.5 Å². The largest absolute Gasteiger partial charge is 0.493 e. The summed E-state index contributed by atoms with van der Waals surface area (Å²) in [5.74, 6) is 1.27. The Morgan fingerprint density at radius 3 is 2.27 bits per heavy atom. The van der Waals surface area contributed by atoms with Crippen molar-refractivity contribution in [2.24, 2.45) is 5.14 Å². The number of nitrogens with two attached hydrogens (primary N) is 1. The van der Waals surface area contributed by atoms with E-state index >= 15 is 0 Å². The van der Waals surface area contributed by atoms with Crippen molar-refractivity contribution >= 4 is 31.6 Å². The molecule has 0 aliphatic heterocycles. The number of aryl methyl sites for hydroxylation is 1. The maximum absolute atomic E-state index is 11.4. The van der Waals surface area contributed by atoms with Gasteiger partial charge in [0.25, 0.3) is 0 Å². The van der Waals surface area contributed by atoms with E-state index in [9.17, 15) is 8.42 Å². The number of hydrogen-bond acceptors (Lipinski definition) is 5. The lowest BCUT2D eigenvalue weighted by molar-refractivity contribution is 0.281. The summed E-state index contributed by atoms with van der Waals surface area (Å²) >= 11 is 3.59. The van der Waals surface area contributed by atoms with E-state index in [0.29, 0.717) is 24.7 Å². The lowest BCUT2D eigenvalue weighted by Crippen LogP contribution is -2.12. The Kier molecular flexibility index (Phi) is 7.02. The predicted molar refractivity (Wildman–Crippen MR) is 121 cm³/mol. The van der Waals surface area contributed by atoms with Gasteiger partial charge in [-0.1, -0.05) is 45.8 Å². The van der Waals surface area contributed by atoms with Crippen molar-refractivity contribution in [2.45, 2.75) is 25.0 Å². The zero-order valence-corrected chi connectivity index (χ0v) is 19.1. The van der Waals surface area contributed by atoms with Crippen molar-refractivity contribution in [3.63, 3.8) is 0 Å². The number of sulfonamides is 1. The van der Waals surface area contributed by atoms with Crippen molar-refractivity contribution < 1.29 is 17.9 Å². The Labute approximate surface area is 185 Å². The van der Waals surface area contributed by atoms with Gasteiger partial charge in [-0.3, -0.25) is 0 Å². The van der Waals surface area contributed by atoms with Crippen molar-refractivity contribution in [1.29, 1.82) is 0 Å². The highest BCUT2D eigenvalue weighted by atomic mass is 79.9. The summed E-state index contributed by atoms with van der Waals surface area (Å²) in [5.41, 5.74) is 3.89. The van der Waals surface area contributed by atoms with Gasteiger partial charge in [0.15, 0.2) is 11.5 Å². The van der Waals surface area contributed by atoms with E-state index in [1.807, 2.05) is 43.3 Å². The first-order valence-corrected chi connectivity index (χ1v) is 11.5. The number of primary sulfonamides is 1. The Balaban J connectivity index is 1.80. The Hall–Kier alpha value is -2.55. The smallest absolute Gasteiger partial charge is 0.238 e. The summed E-state index contributed by atoms with van der Waals surface area (Å²) in [6, 6.07) is 18.2. The van der Waals surface area contributed by atoms with Crippen LogP contribution in [0.25, 0.3) is 0 Å². The van der Waals surface area contributed by atoms with Gasteiger partial charge in [-0.25, -0.2) is 13.6 Å². The molecule has 0 bridgehead atoms. The number of methoxy groups -OCH3 is 1. The molecule has 0 radical (unpaired) electrons. The second-order valence-corrected chi connectivity index (χ2v) is 9.17. The second-order valence-electron chi connectivity index (χ2n) is 6.75. The average molecular weight is 491 g/mol. The number of anilines is 1. The number of rotatable bonds is 8. The van der Waals surface area contributed by atoms with Crippen LogP contribution in [0.2, 0.25) is 0 Å². The zero-order chi connectivity index (χ0) is 21.7. The summed E-state index contributed by atoms with van der Waals surface area (Å²) in [5, 5.41) is 8.42. The molecule has 3 aromatic rings. The van der Waals surface area contributed by atoms with Crippen LogP contribution in [0.4, 0.5) is 5.69 Å². The van der Waals surface area contributed by atoms with Gasteiger partial charge in [0.05, 0.1) is 12.0 Å². The predicted octanol–water partition coefficient (Wildman–Crippen LogP) is 4.60. The fraction of sp³-hybridized carbons (Fsp3) is 0.182. The number of nitrogens with one attached hydrogen (secondary N) is 1. The first kappa shape index (κ1) is 22.1. The molecular weight excluding hydrogens is 468 g/mol. The lowest BCUT2D eigenvalue weighted by Gasteiger charge is -2.18. The van der Waals surface area contributed by atoms with Crippen molar-refractivity contribution in [3.05, 3.63) is 81.8 Å². The van der Waals surface area contributed by atoms with Gasteiger partial charge in [-0.2, -0.15) is 0 Å². The van der Waals surface area contributed by atoms with Gasteiger partial charge in [-0.05, 0) is 48.9 Å². The van der Waals surface area contributed by atoms with E-state index in [4.69, 9.17) is 14.6 Å². The molecule has 0 atom stereocenters. The van der Waals surface area contributed by atoms with E-state index in [1.165, 1.54) is 17.7 Å². The molecule has 0 amide bonds. The lowest BCUT2D eigenvalue weighted by atomic mass is 10.1. The molecule has 3 N–H and O–H groups in total. The molecule has 0 aliphatic rings. The van der Waals surface area contributed by atoms with Gasteiger partial charge in [-0.15, -0.1) is 0 Å². The van der Waals surface area contributed by atoms with Crippen LogP contribution in [0.15, 0.2) is 70.0 Å². The number of hydrogen-bond donors (Lipinski definition) is 2. The van der Waals surface area contributed by atoms with Gasteiger partial charge in [0, 0.05) is 22.3 Å². The van der Waals surface area contributed by atoms with Crippen LogP contribution < -0.4 is 19.9 Å². The molecular formula is C22H23BrN2O4S. The average Bonchev–Trinajstić information content (AvgIpc) is 2.72. The van der Waals surface area contributed by atoms with E-state index in [2.05, 4.69) is 21.2 Å². The maximum atomic E-state index is 11.4. The molecule has 3 aromatic carbocycles. The van der Waals surface area contributed by atoms with Gasteiger partial charge in [0.2, 0.25) is 10.0 Å². The molecule has 0 aromatic heterocycles. The molecule has 6 nitrogen and oxygen atoms in total. The number of ether oxygens (including phenoxy) is 2. The molecule has 3 rings (SSSR count). The molecule has 0 saturated heterocycles. The summed E-state index contributed by atoms with van der Waals surface area (Å²) < 4.78 is 35.3. The Bertz CT molecular complexity index is 1120. The molecule has 0 aliphatic carbocycles. The van der Waals surface area contributed by atoms with Gasteiger partial charge in [0.1, 0.15) is 6.61 Å². The summed E-state index contributed by atoms with van der Waals surface area (Å²) in [7, 11) is -2.12. The van der Waals surface area contributed by atoms with Gasteiger partial charge < -0.3 is 14.8 Å². The van der Waals surface area contributed by atoms with Gasteiger partial charge >= 0.3 is 0 Å². The Morgan fingerprint density at radius 1 is 1.00 bits per heavy atom. The minimum absolute atomic E-state index is 0.0673. The summed E-state index contributed by atoms with van der Waals surface area (Å²) in [4.78, 5) is 0.0673. The third-order valence-corrected chi connectivity index (χ3v) is 6.22. The number of halogens is 1. The fourth-order valence-electron chi connectivity index (χ4n) is 2.86. The zero-order valence-electron chi connectivity index (χ0n) is 16.7. The molecule has 158 valence electrons. The molecule has 0 heterocycles. The maximum Gasteiger partial charge on any atom is 0.238 e. The second kappa shape index (κ2) is 9.51. The molecule has 0 fully saturated rings. The fourth-order valence-corrected chi connectivity index (χ4v) is 3.83. The van der Waals surface area contributed by atoms with Crippen molar-refractivity contribution in [2.75, 3.05) is 12.4 Å². The van der Waals surface area contributed by atoms with Crippen LogP contribution >= 0.6 is 15.9 Å². The van der Waals surface area contributed by atoms with Crippen LogP contribution in [0.1, 0.15) is 16.7 Å². The van der Waals surface area contributed by atoms with Crippen LogP contribution in [0, 0.1) is 6.92 Å². The van der Waals surface area contributed by atoms with E-state index in [-0.39, 0.29) is 4.90 Å². The monoisotopic (exact) mass is 490 g/mol. The third kappa shape index (κ3) is 5.53. The van der Waals surface area contributed by atoms with Crippen LogP contribution in [-0.2, 0) is 23.2 Å². The summed E-state index contributed by atoms with van der Waals surface area (Å²) in [6.07, 6.45) is 0. The molecule has 30 heavy (non-hydrogen) atoms. The van der Waals surface area contributed by atoms with Crippen molar-refractivity contribution in [1.82, 2.24) is 0 Å². The van der Waals surface area contributed by atoms with E-state index in [0.717, 1.165) is 21.3 Å². The molecule has 0 unspecified atom stereocenters. The SMILES string of the molecule is COc1ccc(Br)c(CNc2ccc(S(N)(=O)=O)cc2)c1OCc1ccc(C)cc1. The molecule has 0 saturated carbocycles. The highest BCUT2D eigenvalue weighted by Crippen LogP contribution is 2.37. The normalized spacial score (nSPS) is 11.2. The standard InChI is InChI=1S/C22H23BrN2O4S/c1-15-3-5-16(6-4-15)14-29-22-19(20(23)11-12-21(22)28-2)13-25-17-7-9-18(10-8-17)30(24,26)27/h3-12,25H,13-14H2,1-2H3,(H2,24,26,27). The van der Waals surface area contributed by atoms with E-state index < -0.39 is 10.0 Å². The third-order valence-electron chi connectivity index (χ3n) is 4.54. The highest BCUT2D eigenvalue weighted by Gasteiger charge is 2.15. The minimum Gasteiger partial charge on any atom is -0.493 e. The number of benzene rings is 3. The molecule has 8 heteroatoms. The molecule has 0 spiro atoms. The first-order chi connectivity index (χ1) is 14.3. The minimum atomic E-state index is -3.72. The quantitative estimate of drug-likeness (QED) is 0.481. The Morgan fingerprint density at radius 2 is 1.67 bits per heavy atom. The highest BCUT2D eigenvalue weighted by molar-refractivity contribution is 9.10.